The van der Waals surface area contributed by atoms with Crippen LogP contribution in [0.2, 0.25) is 0 Å². The molecule has 0 atom stereocenters. The molecule has 0 N–H and O–H groups in total. The van der Waals surface area contributed by atoms with E-state index in [9.17, 15) is 4.79 Å². The van der Waals surface area contributed by atoms with Crippen LogP contribution in [-0.4, -0.2) is 22.4 Å². The Balaban J connectivity index is 1.90. The Hall–Kier alpha value is -2.10. The van der Waals surface area contributed by atoms with E-state index in [1.807, 2.05) is 23.9 Å². The van der Waals surface area contributed by atoms with Gasteiger partial charge in [0.15, 0.2) is 0 Å². The number of carbonyl (C=O) groups is 1. The van der Waals surface area contributed by atoms with Crippen molar-refractivity contribution in [2.24, 2.45) is 7.05 Å². The number of aldehydes is 1. The lowest BCUT2D eigenvalue weighted by molar-refractivity contribution is 0.112. The highest BCUT2D eigenvalue weighted by atomic mass is 16.5. The van der Waals surface area contributed by atoms with Crippen LogP contribution in [0.1, 0.15) is 16.2 Å². The zero-order chi connectivity index (χ0) is 12.1. The Morgan fingerprint density at radius 1 is 1.47 bits per heavy atom. The van der Waals surface area contributed by atoms with Crippen molar-refractivity contribution < 1.29 is 9.53 Å². The van der Waals surface area contributed by atoms with Crippen LogP contribution in [0.15, 0.2) is 36.7 Å². The molecule has 0 spiro atoms. The maximum Gasteiger partial charge on any atom is 0.150 e. The molecule has 88 valence electrons. The molecule has 1 aromatic carbocycles. The highest BCUT2D eigenvalue weighted by molar-refractivity contribution is 5.75. The molecule has 0 bridgehead atoms. The Morgan fingerprint density at radius 3 is 3.06 bits per heavy atom. The van der Waals surface area contributed by atoms with E-state index in [-0.39, 0.29) is 0 Å². The van der Waals surface area contributed by atoms with Crippen molar-refractivity contribution in [2.45, 2.75) is 6.42 Å². The normalized spacial score (nSPS) is 10.2. The molecule has 0 aliphatic heterocycles. The predicted molar refractivity (Wildman–Crippen MR) is 64.2 cm³/mol. The minimum Gasteiger partial charge on any atom is -0.493 e. The van der Waals surface area contributed by atoms with Gasteiger partial charge in [-0.3, -0.25) is 4.79 Å². The maximum atomic E-state index is 10.6. The molecular formula is C13H14N2O2. The zero-order valence-corrected chi connectivity index (χ0v) is 9.67. The van der Waals surface area contributed by atoms with E-state index in [1.165, 1.54) is 0 Å². The first-order chi connectivity index (χ1) is 8.29. The van der Waals surface area contributed by atoms with E-state index < -0.39 is 0 Å². The second kappa shape index (κ2) is 5.30. The molecule has 0 fully saturated rings. The number of benzene rings is 1. The summed E-state index contributed by atoms with van der Waals surface area (Å²) in [5, 5.41) is 0. The van der Waals surface area contributed by atoms with E-state index in [2.05, 4.69) is 4.98 Å². The number of hydrogen-bond acceptors (Lipinski definition) is 3. The lowest BCUT2D eigenvalue weighted by Gasteiger charge is -2.06. The number of ether oxygens (including phenoxy) is 1. The molecule has 0 saturated carbocycles. The molecule has 1 aromatic heterocycles. The van der Waals surface area contributed by atoms with Gasteiger partial charge in [0, 0.05) is 31.4 Å². The minimum absolute atomic E-state index is 0.549. The van der Waals surface area contributed by atoms with E-state index in [4.69, 9.17) is 4.74 Å². The number of aryl methyl sites for hydroxylation is 1. The maximum absolute atomic E-state index is 10.6. The average molecular weight is 230 g/mol. The molecule has 4 nitrogen and oxygen atoms in total. The number of nitrogens with zero attached hydrogens (tertiary/aromatic N) is 2. The summed E-state index contributed by atoms with van der Waals surface area (Å²) in [4.78, 5) is 14.8. The van der Waals surface area contributed by atoms with Crippen molar-refractivity contribution in [3.63, 3.8) is 0 Å². The molecule has 1 heterocycles. The molecule has 0 aliphatic carbocycles. The molecule has 2 aromatic rings. The van der Waals surface area contributed by atoms with Gasteiger partial charge in [-0.2, -0.15) is 0 Å². The van der Waals surface area contributed by atoms with Gasteiger partial charge in [-0.1, -0.05) is 12.1 Å². The predicted octanol–water partition coefficient (Wildman–Crippen LogP) is 1.85. The van der Waals surface area contributed by atoms with Gasteiger partial charge in [0.05, 0.1) is 6.61 Å². The van der Waals surface area contributed by atoms with Crippen molar-refractivity contribution in [1.29, 1.82) is 0 Å². The van der Waals surface area contributed by atoms with Crippen LogP contribution >= 0.6 is 0 Å². The van der Waals surface area contributed by atoms with Gasteiger partial charge in [-0.15, -0.1) is 0 Å². The third-order valence-electron chi connectivity index (χ3n) is 2.51. The van der Waals surface area contributed by atoms with Crippen molar-refractivity contribution in [1.82, 2.24) is 9.55 Å². The first-order valence-corrected chi connectivity index (χ1v) is 5.44. The van der Waals surface area contributed by atoms with Crippen LogP contribution in [0.4, 0.5) is 0 Å². The molecule has 0 saturated heterocycles. The largest absolute Gasteiger partial charge is 0.493 e. The van der Waals surface area contributed by atoms with Gasteiger partial charge in [0.1, 0.15) is 17.9 Å². The van der Waals surface area contributed by atoms with E-state index >= 15 is 0 Å². The fourth-order valence-electron chi connectivity index (χ4n) is 1.58. The van der Waals surface area contributed by atoms with Gasteiger partial charge in [0.2, 0.25) is 0 Å². The molecular weight excluding hydrogens is 216 g/mol. The van der Waals surface area contributed by atoms with Crippen LogP contribution < -0.4 is 4.74 Å². The van der Waals surface area contributed by atoms with E-state index in [1.54, 1.807) is 24.4 Å². The summed E-state index contributed by atoms with van der Waals surface area (Å²) in [5.74, 6) is 1.69. The SMILES string of the molecule is Cn1ccnc1CCOc1cccc(C=O)c1. The lowest BCUT2D eigenvalue weighted by Crippen LogP contribution is -2.06. The summed E-state index contributed by atoms with van der Waals surface area (Å²) >= 11 is 0. The van der Waals surface area contributed by atoms with E-state index in [0.29, 0.717) is 17.9 Å². The molecule has 0 amide bonds. The summed E-state index contributed by atoms with van der Waals surface area (Å²) in [7, 11) is 1.95. The highest BCUT2D eigenvalue weighted by Gasteiger charge is 2.00. The number of imidazole rings is 1. The second-order valence-corrected chi connectivity index (χ2v) is 3.74. The van der Waals surface area contributed by atoms with Crippen molar-refractivity contribution in [2.75, 3.05) is 6.61 Å². The first kappa shape index (κ1) is 11.4. The Labute approximate surface area is 99.9 Å². The highest BCUT2D eigenvalue weighted by Crippen LogP contribution is 2.12. The fourth-order valence-corrected chi connectivity index (χ4v) is 1.58. The number of hydrogen-bond donors (Lipinski definition) is 0. The Kier molecular flexibility index (Phi) is 3.55. The van der Waals surface area contributed by atoms with Crippen LogP contribution in [0.25, 0.3) is 0 Å². The van der Waals surface area contributed by atoms with Crippen LogP contribution in [0.5, 0.6) is 5.75 Å². The minimum atomic E-state index is 0.549. The topological polar surface area (TPSA) is 44.1 Å². The molecule has 2 rings (SSSR count). The van der Waals surface area contributed by atoms with Crippen molar-refractivity contribution >= 4 is 6.29 Å². The smallest absolute Gasteiger partial charge is 0.150 e. The standard InChI is InChI=1S/C13H14N2O2/c1-15-7-6-14-13(15)5-8-17-12-4-2-3-11(9-12)10-16/h2-4,6-7,9-10H,5,8H2,1H3. The number of rotatable bonds is 5. The summed E-state index contributed by atoms with van der Waals surface area (Å²) in [6.45, 7) is 0.549. The van der Waals surface area contributed by atoms with Gasteiger partial charge in [0.25, 0.3) is 0 Å². The number of carbonyl (C=O) groups excluding carboxylic acids is 1. The second-order valence-electron chi connectivity index (χ2n) is 3.74. The summed E-state index contributed by atoms with van der Waals surface area (Å²) < 4.78 is 7.53. The number of aromatic nitrogens is 2. The Bertz CT molecular complexity index is 506. The zero-order valence-electron chi connectivity index (χ0n) is 9.67. The van der Waals surface area contributed by atoms with Crippen LogP contribution in [0.3, 0.4) is 0 Å². The lowest BCUT2D eigenvalue weighted by atomic mass is 10.2. The van der Waals surface area contributed by atoms with Gasteiger partial charge >= 0.3 is 0 Å². The van der Waals surface area contributed by atoms with Crippen LogP contribution in [0, 0.1) is 0 Å². The molecule has 4 heteroatoms. The quantitative estimate of drug-likeness (QED) is 0.736. The van der Waals surface area contributed by atoms with Crippen LogP contribution in [-0.2, 0) is 13.5 Å². The fraction of sp³-hybridized carbons (Fsp3) is 0.231. The monoisotopic (exact) mass is 230 g/mol. The molecule has 17 heavy (non-hydrogen) atoms. The third-order valence-corrected chi connectivity index (χ3v) is 2.51. The third kappa shape index (κ3) is 2.93. The first-order valence-electron chi connectivity index (χ1n) is 5.44. The summed E-state index contributed by atoms with van der Waals surface area (Å²) in [5.41, 5.74) is 0.625. The Morgan fingerprint density at radius 2 is 2.35 bits per heavy atom. The average Bonchev–Trinajstić information content (AvgIpc) is 2.76. The summed E-state index contributed by atoms with van der Waals surface area (Å²) in [6, 6.07) is 7.12. The van der Waals surface area contributed by atoms with Crippen molar-refractivity contribution in [3.8, 4) is 5.75 Å². The van der Waals surface area contributed by atoms with Gasteiger partial charge in [-0.25, -0.2) is 4.98 Å². The molecule has 0 aliphatic rings. The van der Waals surface area contributed by atoms with Gasteiger partial charge < -0.3 is 9.30 Å². The summed E-state index contributed by atoms with van der Waals surface area (Å²) in [6.07, 6.45) is 5.23. The molecule has 0 unspecified atom stereocenters. The van der Waals surface area contributed by atoms with E-state index in [0.717, 1.165) is 18.5 Å². The molecule has 0 radical (unpaired) electrons. The van der Waals surface area contributed by atoms with Crippen molar-refractivity contribution in [3.05, 3.63) is 48.0 Å². The van der Waals surface area contributed by atoms with Gasteiger partial charge in [-0.05, 0) is 12.1 Å².